The second kappa shape index (κ2) is 9.17. The van der Waals surface area contributed by atoms with Crippen molar-refractivity contribution in [2.75, 3.05) is 37.7 Å². The van der Waals surface area contributed by atoms with Crippen LogP contribution >= 0.6 is 0 Å². The van der Waals surface area contributed by atoms with Gasteiger partial charge in [0.05, 0.1) is 12.0 Å². The van der Waals surface area contributed by atoms with E-state index in [1.165, 1.54) is 0 Å². The van der Waals surface area contributed by atoms with E-state index in [2.05, 4.69) is 19.9 Å². The number of hydrogen-bond donors (Lipinski definition) is 1. The first-order chi connectivity index (χ1) is 12.8. The van der Waals surface area contributed by atoms with Gasteiger partial charge in [-0.3, -0.25) is 9.59 Å². The lowest BCUT2D eigenvalue weighted by Gasteiger charge is -2.28. The van der Waals surface area contributed by atoms with Crippen LogP contribution in [0.15, 0.2) is 18.3 Å². The molecule has 1 aliphatic carbocycles. The van der Waals surface area contributed by atoms with E-state index in [0.29, 0.717) is 13.1 Å². The van der Waals surface area contributed by atoms with Crippen LogP contribution in [-0.4, -0.2) is 55.8 Å². The van der Waals surface area contributed by atoms with Crippen molar-refractivity contribution in [2.24, 2.45) is 0 Å². The third-order valence-electron chi connectivity index (χ3n) is 4.56. The van der Waals surface area contributed by atoms with Gasteiger partial charge in [0, 0.05) is 32.4 Å². The Kier molecular flexibility index (Phi) is 7.18. The zero-order valence-corrected chi connectivity index (χ0v) is 16.8. The first-order valence-electron chi connectivity index (χ1n) is 9.53. The normalized spacial score (nSPS) is 18.0. The van der Waals surface area contributed by atoms with Gasteiger partial charge in [0.25, 0.3) is 6.47 Å². The summed E-state index contributed by atoms with van der Waals surface area (Å²) < 4.78 is 9.73. The molecule has 0 atom stereocenters. The maximum Gasteiger partial charge on any atom is 0.316 e. The molecular weight excluding hydrogens is 346 g/mol. The smallest absolute Gasteiger partial charge is 0.316 e. The molecular formula is C20H31N3O4. The molecule has 1 aromatic rings. The lowest BCUT2D eigenvalue weighted by molar-refractivity contribution is -0.146. The lowest BCUT2D eigenvalue weighted by atomic mass is 9.98. The minimum atomic E-state index is -0.412. The van der Waals surface area contributed by atoms with E-state index in [9.17, 15) is 9.59 Å². The molecule has 0 aromatic carbocycles. The van der Waals surface area contributed by atoms with Crippen LogP contribution in [0.2, 0.25) is 0 Å². The van der Waals surface area contributed by atoms with Crippen molar-refractivity contribution in [2.45, 2.75) is 51.6 Å². The van der Waals surface area contributed by atoms with Gasteiger partial charge in [-0.1, -0.05) is 6.07 Å². The minimum absolute atomic E-state index is 0.100. The fraction of sp³-hybridized carbons (Fsp3) is 0.650. The van der Waals surface area contributed by atoms with Crippen LogP contribution in [0.4, 0.5) is 5.82 Å². The van der Waals surface area contributed by atoms with Gasteiger partial charge in [0.15, 0.2) is 0 Å². The van der Waals surface area contributed by atoms with Gasteiger partial charge < -0.3 is 19.7 Å². The summed E-state index contributed by atoms with van der Waals surface area (Å²) in [5, 5.41) is 3.33. The van der Waals surface area contributed by atoms with E-state index >= 15 is 0 Å². The van der Waals surface area contributed by atoms with Crippen molar-refractivity contribution in [3.05, 3.63) is 23.9 Å². The quantitative estimate of drug-likeness (QED) is 0.621. The molecule has 0 radical (unpaired) electrons. The van der Waals surface area contributed by atoms with Crippen molar-refractivity contribution in [3.63, 3.8) is 0 Å². The Balaban J connectivity index is 0.000000321. The molecule has 0 bridgehead atoms. The van der Waals surface area contributed by atoms with Gasteiger partial charge in [-0.05, 0) is 52.2 Å². The predicted molar refractivity (Wildman–Crippen MR) is 104 cm³/mol. The summed E-state index contributed by atoms with van der Waals surface area (Å²) in [5.41, 5.74) is 0.266. The van der Waals surface area contributed by atoms with Gasteiger partial charge in [-0.2, -0.15) is 0 Å². The van der Waals surface area contributed by atoms with E-state index in [1.807, 2.05) is 46.0 Å². The Hall–Kier alpha value is -2.15. The van der Waals surface area contributed by atoms with Crippen LogP contribution in [0.5, 0.6) is 0 Å². The Morgan fingerprint density at radius 1 is 1.30 bits per heavy atom. The number of ether oxygens (including phenoxy) is 2. The largest absolute Gasteiger partial charge is 0.465 e. The van der Waals surface area contributed by atoms with E-state index < -0.39 is 5.41 Å². The first kappa shape index (κ1) is 21.2. The van der Waals surface area contributed by atoms with Crippen LogP contribution in [0.25, 0.3) is 0 Å². The highest BCUT2D eigenvalue weighted by molar-refractivity contribution is 5.86. The number of anilines is 1. The summed E-state index contributed by atoms with van der Waals surface area (Å²) in [7, 11) is 0. The van der Waals surface area contributed by atoms with Crippen molar-refractivity contribution in [1.82, 2.24) is 10.3 Å². The predicted octanol–water partition coefficient (Wildman–Crippen LogP) is 2.04. The van der Waals surface area contributed by atoms with Crippen molar-refractivity contribution >= 4 is 18.3 Å². The second-order valence-corrected chi connectivity index (χ2v) is 7.77. The number of nitrogens with one attached hydrogen (secondary N) is 1. The molecule has 27 heavy (non-hydrogen) atoms. The molecule has 1 saturated heterocycles. The van der Waals surface area contributed by atoms with E-state index in [0.717, 1.165) is 50.4 Å². The number of rotatable bonds is 5. The van der Waals surface area contributed by atoms with Crippen LogP contribution in [0, 0.1) is 0 Å². The number of piperazine rings is 1. The number of aromatic nitrogens is 1. The molecule has 1 aliphatic heterocycles. The Labute approximate surface area is 161 Å². The first-order valence-corrected chi connectivity index (χ1v) is 9.53. The molecule has 1 N–H and O–H groups in total. The molecule has 0 unspecified atom stereocenters. The van der Waals surface area contributed by atoms with E-state index in [4.69, 9.17) is 4.74 Å². The molecule has 2 aliphatic rings. The Bertz CT molecular complexity index is 615. The number of esters is 1. The third-order valence-corrected chi connectivity index (χ3v) is 4.56. The van der Waals surface area contributed by atoms with Crippen molar-refractivity contribution in [3.8, 4) is 0 Å². The van der Waals surface area contributed by atoms with Crippen LogP contribution in [0.1, 0.15) is 46.1 Å². The average Bonchev–Trinajstić information content (AvgIpc) is 3.44. The number of carbonyl (C=O) groups excluding carboxylic acids is 2. The van der Waals surface area contributed by atoms with Gasteiger partial charge in [0.2, 0.25) is 0 Å². The SMILES string of the molecule is CC(C)(C)OC=O.CCOC(=O)C1(c2ccc(N3CCNCC3)nc2)CC1. The maximum atomic E-state index is 12.0. The van der Waals surface area contributed by atoms with Crippen molar-refractivity contribution < 1.29 is 19.1 Å². The molecule has 150 valence electrons. The van der Waals surface area contributed by atoms with Crippen LogP contribution in [-0.2, 0) is 24.5 Å². The Morgan fingerprint density at radius 2 is 1.96 bits per heavy atom. The highest BCUT2D eigenvalue weighted by atomic mass is 16.5. The molecule has 2 fully saturated rings. The summed E-state index contributed by atoms with van der Waals surface area (Å²) in [4.78, 5) is 28.5. The van der Waals surface area contributed by atoms with Gasteiger partial charge >= 0.3 is 5.97 Å². The zero-order valence-electron chi connectivity index (χ0n) is 16.8. The van der Waals surface area contributed by atoms with Crippen LogP contribution < -0.4 is 10.2 Å². The molecule has 1 aromatic heterocycles. The van der Waals surface area contributed by atoms with Crippen LogP contribution in [0.3, 0.4) is 0 Å². The molecule has 3 rings (SSSR count). The number of carbonyl (C=O) groups is 2. The number of hydrogen-bond acceptors (Lipinski definition) is 7. The molecule has 7 heteroatoms. The third kappa shape index (κ3) is 5.92. The second-order valence-electron chi connectivity index (χ2n) is 7.77. The summed E-state index contributed by atoms with van der Waals surface area (Å²) in [6.07, 6.45) is 3.60. The molecule has 0 spiro atoms. The number of pyridine rings is 1. The summed E-state index contributed by atoms with van der Waals surface area (Å²) in [6, 6.07) is 4.06. The monoisotopic (exact) mass is 377 g/mol. The Morgan fingerprint density at radius 3 is 2.37 bits per heavy atom. The van der Waals surface area contributed by atoms with Gasteiger partial charge in [-0.25, -0.2) is 4.98 Å². The topological polar surface area (TPSA) is 80.8 Å². The molecule has 0 amide bonds. The fourth-order valence-corrected chi connectivity index (χ4v) is 2.90. The van der Waals surface area contributed by atoms with E-state index in [-0.39, 0.29) is 11.6 Å². The number of nitrogens with zero attached hydrogens (tertiary/aromatic N) is 2. The average molecular weight is 377 g/mol. The fourth-order valence-electron chi connectivity index (χ4n) is 2.90. The summed E-state index contributed by atoms with van der Waals surface area (Å²) >= 11 is 0. The summed E-state index contributed by atoms with van der Waals surface area (Å²) in [6.45, 7) is 12.2. The van der Waals surface area contributed by atoms with Gasteiger partial charge in [-0.15, -0.1) is 0 Å². The lowest BCUT2D eigenvalue weighted by Crippen LogP contribution is -2.43. The highest BCUT2D eigenvalue weighted by Gasteiger charge is 2.53. The van der Waals surface area contributed by atoms with Crippen molar-refractivity contribution in [1.29, 1.82) is 0 Å². The molecule has 2 heterocycles. The highest BCUT2D eigenvalue weighted by Crippen LogP contribution is 2.49. The molecule has 1 saturated carbocycles. The van der Waals surface area contributed by atoms with Gasteiger partial charge in [0.1, 0.15) is 11.4 Å². The summed E-state index contributed by atoms with van der Waals surface area (Å²) in [5.74, 6) is 0.895. The standard InChI is InChI=1S/C15H21N3O2.C5H10O2/c1-2-20-14(19)15(5-6-15)12-3-4-13(17-11-12)18-9-7-16-8-10-18;1-5(2,3)7-4-6/h3-4,11,16H,2,5-10H2,1H3;4H,1-3H3. The van der Waals surface area contributed by atoms with E-state index in [1.54, 1.807) is 0 Å². The maximum absolute atomic E-state index is 12.0. The molecule has 7 nitrogen and oxygen atoms in total. The minimum Gasteiger partial charge on any atom is -0.465 e. The zero-order chi connectivity index (χ0) is 19.9.